The lowest BCUT2D eigenvalue weighted by Crippen LogP contribution is -2.27. The summed E-state index contributed by atoms with van der Waals surface area (Å²) in [6.07, 6.45) is 2.81. The Morgan fingerprint density at radius 1 is 0.828 bits per heavy atom. The number of carbonyl (C=O) groups excluding carboxylic acids is 3. The first kappa shape index (κ1) is 19.9. The molecule has 29 heavy (non-hydrogen) atoms. The zero-order valence-electron chi connectivity index (χ0n) is 16.2. The molecule has 1 heterocycles. The summed E-state index contributed by atoms with van der Waals surface area (Å²) in [6, 6.07) is 17.6. The number of benzene rings is 2. The van der Waals surface area contributed by atoms with Gasteiger partial charge in [0.1, 0.15) is 0 Å². The molecule has 3 aromatic rings. The first-order chi connectivity index (χ1) is 13.9. The Morgan fingerprint density at radius 2 is 1.52 bits per heavy atom. The van der Waals surface area contributed by atoms with Gasteiger partial charge < -0.3 is 10.6 Å². The van der Waals surface area contributed by atoms with Crippen LogP contribution >= 0.6 is 0 Å². The number of carbonyl (C=O) groups is 3. The lowest BCUT2D eigenvalue weighted by Gasteiger charge is -2.14. The third-order valence-corrected chi connectivity index (χ3v) is 4.44. The number of nitrogens with one attached hydrogen (secondary N) is 2. The maximum absolute atomic E-state index is 12.6. The summed E-state index contributed by atoms with van der Waals surface area (Å²) in [5.41, 5.74) is 2.52. The molecule has 0 fully saturated rings. The number of hydrogen-bond acceptors (Lipinski definition) is 4. The molecule has 0 bridgehead atoms. The van der Waals surface area contributed by atoms with Gasteiger partial charge in [-0.1, -0.05) is 42.5 Å². The van der Waals surface area contributed by atoms with Crippen LogP contribution in [0.15, 0.2) is 73.1 Å². The van der Waals surface area contributed by atoms with Crippen LogP contribution in [0.25, 0.3) is 0 Å². The van der Waals surface area contributed by atoms with Crippen molar-refractivity contribution in [2.24, 2.45) is 0 Å². The lowest BCUT2D eigenvalue weighted by molar-refractivity contribution is 0.0938. The molecule has 0 aliphatic carbocycles. The first-order valence-electron chi connectivity index (χ1n) is 9.17. The molecular formula is C23H21N3O3. The highest BCUT2D eigenvalue weighted by molar-refractivity contribution is 6.06. The van der Waals surface area contributed by atoms with Crippen LogP contribution in [0.2, 0.25) is 0 Å². The summed E-state index contributed by atoms with van der Waals surface area (Å²) < 4.78 is 0. The van der Waals surface area contributed by atoms with Gasteiger partial charge in [-0.15, -0.1) is 0 Å². The van der Waals surface area contributed by atoms with Gasteiger partial charge in [-0.05, 0) is 37.6 Å². The SMILES string of the molecule is CC(=O)c1cccc(NC(=O)c2cncc(C(=O)NC(C)c3ccccc3)c2)c1. The quantitative estimate of drug-likeness (QED) is 0.625. The molecule has 0 aliphatic heterocycles. The Bertz CT molecular complexity index is 1050. The van der Waals surface area contributed by atoms with Gasteiger partial charge in [-0.25, -0.2) is 0 Å². The van der Waals surface area contributed by atoms with Crippen molar-refractivity contribution >= 4 is 23.3 Å². The Kier molecular flexibility index (Phi) is 6.14. The maximum Gasteiger partial charge on any atom is 0.257 e. The number of pyridine rings is 1. The van der Waals surface area contributed by atoms with Crippen LogP contribution in [-0.4, -0.2) is 22.6 Å². The smallest absolute Gasteiger partial charge is 0.257 e. The van der Waals surface area contributed by atoms with Crippen molar-refractivity contribution in [2.45, 2.75) is 19.9 Å². The second-order valence-corrected chi connectivity index (χ2v) is 6.66. The Hall–Kier alpha value is -3.80. The molecule has 0 saturated carbocycles. The number of ketones is 1. The minimum absolute atomic E-state index is 0.0889. The minimum atomic E-state index is -0.413. The van der Waals surface area contributed by atoms with E-state index in [1.165, 1.54) is 25.4 Å². The number of anilines is 1. The predicted octanol–water partition coefficient (Wildman–Crippen LogP) is 4.03. The van der Waals surface area contributed by atoms with Crippen molar-refractivity contribution in [3.8, 4) is 0 Å². The first-order valence-corrected chi connectivity index (χ1v) is 9.17. The molecule has 0 radical (unpaired) electrons. The summed E-state index contributed by atoms with van der Waals surface area (Å²) in [4.78, 5) is 40.6. The number of amides is 2. The minimum Gasteiger partial charge on any atom is -0.345 e. The second kappa shape index (κ2) is 8.93. The number of rotatable bonds is 6. The third kappa shape index (κ3) is 5.13. The van der Waals surface area contributed by atoms with Gasteiger partial charge in [-0.2, -0.15) is 0 Å². The molecule has 6 nitrogen and oxygen atoms in total. The molecule has 1 atom stereocenters. The standard InChI is InChI=1S/C23H21N3O3/c1-15(17-7-4-3-5-8-17)25-22(28)19-11-20(14-24-13-19)23(29)26-21-10-6-9-18(12-21)16(2)27/h3-15H,1-2H3,(H,25,28)(H,26,29). The molecule has 0 saturated heterocycles. The van der Waals surface area contributed by atoms with Crippen LogP contribution in [0, 0.1) is 0 Å². The topological polar surface area (TPSA) is 88.2 Å². The van der Waals surface area contributed by atoms with Crippen LogP contribution in [-0.2, 0) is 0 Å². The fourth-order valence-corrected chi connectivity index (χ4v) is 2.81. The van der Waals surface area contributed by atoms with Crippen LogP contribution in [0.5, 0.6) is 0 Å². The monoisotopic (exact) mass is 387 g/mol. The average molecular weight is 387 g/mol. The van der Waals surface area contributed by atoms with Crippen molar-refractivity contribution in [1.29, 1.82) is 0 Å². The number of nitrogens with zero attached hydrogens (tertiary/aromatic N) is 1. The van der Waals surface area contributed by atoms with Gasteiger partial charge in [-0.3, -0.25) is 19.4 Å². The highest BCUT2D eigenvalue weighted by atomic mass is 16.2. The Morgan fingerprint density at radius 3 is 2.21 bits per heavy atom. The summed E-state index contributed by atoms with van der Waals surface area (Å²) in [6.45, 7) is 3.35. The van der Waals surface area contributed by atoms with E-state index in [1.54, 1.807) is 24.3 Å². The fourth-order valence-electron chi connectivity index (χ4n) is 2.81. The summed E-state index contributed by atoms with van der Waals surface area (Å²) in [5.74, 6) is -0.819. The van der Waals surface area contributed by atoms with Gasteiger partial charge in [0.2, 0.25) is 0 Å². The van der Waals surface area contributed by atoms with E-state index < -0.39 is 5.91 Å². The van der Waals surface area contributed by atoms with E-state index >= 15 is 0 Å². The molecule has 0 spiro atoms. The second-order valence-electron chi connectivity index (χ2n) is 6.66. The Balaban J connectivity index is 1.71. The van der Waals surface area contributed by atoms with Crippen molar-refractivity contribution in [3.63, 3.8) is 0 Å². The normalized spacial score (nSPS) is 11.4. The van der Waals surface area contributed by atoms with Gasteiger partial charge in [0.25, 0.3) is 11.8 Å². The number of hydrogen-bond donors (Lipinski definition) is 2. The lowest BCUT2D eigenvalue weighted by atomic mass is 10.1. The summed E-state index contributed by atoms with van der Waals surface area (Å²) >= 11 is 0. The van der Waals surface area contributed by atoms with Crippen LogP contribution in [0.3, 0.4) is 0 Å². The van der Waals surface area contributed by atoms with Crippen molar-refractivity contribution in [2.75, 3.05) is 5.32 Å². The number of aromatic nitrogens is 1. The van der Waals surface area contributed by atoms with Gasteiger partial charge >= 0.3 is 0 Å². The third-order valence-electron chi connectivity index (χ3n) is 4.44. The van der Waals surface area contributed by atoms with Crippen LogP contribution < -0.4 is 10.6 Å². The van der Waals surface area contributed by atoms with E-state index in [-0.39, 0.29) is 28.9 Å². The molecule has 146 valence electrons. The molecule has 0 aliphatic rings. The predicted molar refractivity (Wildman–Crippen MR) is 111 cm³/mol. The van der Waals surface area contributed by atoms with Crippen molar-refractivity contribution in [1.82, 2.24) is 10.3 Å². The van der Waals surface area contributed by atoms with Gasteiger partial charge in [0.05, 0.1) is 17.2 Å². The van der Waals surface area contributed by atoms with Crippen LogP contribution in [0.4, 0.5) is 5.69 Å². The summed E-state index contributed by atoms with van der Waals surface area (Å²) in [5, 5.41) is 5.62. The van der Waals surface area contributed by atoms with Gasteiger partial charge in [0.15, 0.2) is 5.78 Å². The summed E-state index contributed by atoms with van der Waals surface area (Å²) in [7, 11) is 0. The maximum atomic E-state index is 12.6. The van der Waals surface area contributed by atoms with E-state index in [1.807, 2.05) is 37.3 Å². The number of Topliss-reactive ketones (excluding diaryl/α,β-unsaturated/α-hetero) is 1. The molecule has 3 rings (SSSR count). The zero-order chi connectivity index (χ0) is 20.8. The van der Waals surface area contributed by atoms with E-state index in [4.69, 9.17) is 0 Å². The van der Waals surface area contributed by atoms with Crippen molar-refractivity contribution < 1.29 is 14.4 Å². The molecule has 2 amide bonds. The van der Waals surface area contributed by atoms with E-state index in [0.717, 1.165) is 5.56 Å². The Labute approximate surface area is 169 Å². The molecule has 1 unspecified atom stereocenters. The average Bonchev–Trinajstić information content (AvgIpc) is 2.74. The highest BCUT2D eigenvalue weighted by Gasteiger charge is 2.15. The van der Waals surface area contributed by atoms with Gasteiger partial charge in [0, 0.05) is 23.6 Å². The van der Waals surface area contributed by atoms with E-state index in [9.17, 15) is 14.4 Å². The van der Waals surface area contributed by atoms with E-state index in [2.05, 4.69) is 15.6 Å². The molecule has 2 aromatic carbocycles. The van der Waals surface area contributed by atoms with Crippen molar-refractivity contribution in [3.05, 3.63) is 95.3 Å². The molecule has 2 N–H and O–H groups in total. The van der Waals surface area contributed by atoms with Crippen LogP contribution in [0.1, 0.15) is 56.5 Å². The molecule has 6 heteroatoms. The fraction of sp³-hybridized carbons (Fsp3) is 0.130. The molecular weight excluding hydrogens is 366 g/mol. The highest BCUT2D eigenvalue weighted by Crippen LogP contribution is 2.15. The van der Waals surface area contributed by atoms with E-state index in [0.29, 0.717) is 11.3 Å². The molecule has 1 aromatic heterocycles. The zero-order valence-corrected chi connectivity index (χ0v) is 16.2. The largest absolute Gasteiger partial charge is 0.345 e.